The molecule has 0 bridgehead atoms. The fourth-order valence-electron chi connectivity index (χ4n) is 3.45. The highest BCUT2D eigenvalue weighted by atomic mass is 16.2. The molecule has 0 aliphatic heterocycles. The summed E-state index contributed by atoms with van der Waals surface area (Å²) in [6.07, 6.45) is 1.64. The normalized spacial score (nSPS) is 11.0. The number of benzene rings is 2. The van der Waals surface area contributed by atoms with E-state index in [0.717, 1.165) is 5.56 Å². The third kappa shape index (κ3) is 5.16. The second-order valence-electron chi connectivity index (χ2n) is 7.87. The zero-order valence-electron chi connectivity index (χ0n) is 18.3. The molecule has 0 spiro atoms. The van der Waals surface area contributed by atoms with Crippen LogP contribution >= 0.6 is 0 Å². The number of nitrogens with one attached hydrogen (secondary N) is 3. The summed E-state index contributed by atoms with van der Waals surface area (Å²) in [6, 6.07) is 17.6. The molecule has 0 fully saturated rings. The second kappa shape index (κ2) is 9.49. The Kier molecular flexibility index (Phi) is 6.32. The van der Waals surface area contributed by atoms with Crippen LogP contribution in [-0.2, 0) is 11.3 Å². The first-order chi connectivity index (χ1) is 15.9. The van der Waals surface area contributed by atoms with Crippen molar-refractivity contribution in [2.24, 2.45) is 0 Å². The first-order valence-electron chi connectivity index (χ1n) is 10.4. The molecule has 0 aliphatic carbocycles. The Morgan fingerprint density at radius 2 is 1.67 bits per heavy atom. The minimum atomic E-state index is -0.304. The van der Waals surface area contributed by atoms with Crippen LogP contribution in [0.5, 0.6) is 0 Å². The summed E-state index contributed by atoms with van der Waals surface area (Å²) in [5.41, 5.74) is 3.37. The molecular formula is C24H24N6O3. The Bertz CT molecular complexity index is 1350. The van der Waals surface area contributed by atoms with Crippen LogP contribution in [0, 0.1) is 0 Å². The topological polar surface area (TPSA) is 112 Å². The summed E-state index contributed by atoms with van der Waals surface area (Å²) in [5, 5.41) is 5.66. The minimum absolute atomic E-state index is 0.173. The number of hydrogen-bond donors (Lipinski definition) is 3. The van der Waals surface area contributed by atoms with E-state index in [1.165, 1.54) is 0 Å². The van der Waals surface area contributed by atoms with Gasteiger partial charge < -0.3 is 20.5 Å². The fraction of sp³-hybridized carbons (Fsp3) is 0.167. The van der Waals surface area contributed by atoms with Gasteiger partial charge in [0.05, 0.1) is 30.0 Å². The van der Waals surface area contributed by atoms with Crippen LogP contribution in [0.15, 0.2) is 71.7 Å². The molecule has 4 aromatic rings. The molecule has 33 heavy (non-hydrogen) atoms. The lowest BCUT2D eigenvalue weighted by atomic mass is 10.1. The number of H-pyrrole nitrogens is 1. The van der Waals surface area contributed by atoms with Gasteiger partial charge >= 0.3 is 5.69 Å². The summed E-state index contributed by atoms with van der Waals surface area (Å²) in [5.74, 6) is -0.477. The van der Waals surface area contributed by atoms with Crippen LogP contribution in [0.4, 0.5) is 11.4 Å². The van der Waals surface area contributed by atoms with Crippen LogP contribution in [0.1, 0.15) is 15.9 Å². The van der Waals surface area contributed by atoms with Gasteiger partial charge in [-0.15, -0.1) is 0 Å². The number of amides is 2. The van der Waals surface area contributed by atoms with Crippen molar-refractivity contribution in [1.82, 2.24) is 19.4 Å². The van der Waals surface area contributed by atoms with E-state index in [2.05, 4.69) is 20.6 Å². The van der Waals surface area contributed by atoms with Crippen molar-refractivity contribution in [3.05, 3.63) is 88.5 Å². The van der Waals surface area contributed by atoms with Gasteiger partial charge in [-0.3, -0.25) is 14.2 Å². The van der Waals surface area contributed by atoms with Crippen molar-refractivity contribution >= 4 is 34.4 Å². The number of hydrogen-bond acceptors (Lipinski definition) is 5. The van der Waals surface area contributed by atoms with Gasteiger partial charge in [-0.2, -0.15) is 0 Å². The smallest absolute Gasteiger partial charge is 0.323 e. The molecule has 2 aromatic carbocycles. The van der Waals surface area contributed by atoms with Gasteiger partial charge in [-0.25, -0.2) is 9.78 Å². The fourth-order valence-corrected chi connectivity index (χ4v) is 3.45. The number of anilines is 2. The average molecular weight is 444 g/mol. The van der Waals surface area contributed by atoms with Crippen molar-refractivity contribution in [3.8, 4) is 0 Å². The third-order valence-electron chi connectivity index (χ3n) is 5.00. The van der Waals surface area contributed by atoms with Crippen molar-refractivity contribution in [2.45, 2.75) is 6.54 Å². The van der Waals surface area contributed by atoms with Crippen molar-refractivity contribution < 1.29 is 9.59 Å². The first kappa shape index (κ1) is 22.0. The number of pyridine rings is 1. The quantitative estimate of drug-likeness (QED) is 0.406. The van der Waals surface area contributed by atoms with Crippen LogP contribution in [-0.4, -0.2) is 51.9 Å². The standard InChI is InChI=1S/C24H24N6O3/c1-29(2)15-21(31)26-18-6-3-4-7-19(18)27-23(32)17-11-9-16(10-12-17)14-30-22-20(28-24(30)33)8-5-13-25-22/h3-13H,14-15H2,1-2H3,(H,26,31)(H,27,32)(H,28,33). The van der Waals surface area contributed by atoms with Crippen LogP contribution in [0.3, 0.4) is 0 Å². The Hall–Kier alpha value is -4.24. The van der Waals surface area contributed by atoms with Gasteiger partial charge in [0.25, 0.3) is 5.91 Å². The average Bonchev–Trinajstić information content (AvgIpc) is 3.10. The maximum atomic E-state index is 12.8. The molecule has 0 saturated heterocycles. The van der Waals surface area contributed by atoms with Gasteiger partial charge in [-0.05, 0) is 56.1 Å². The molecule has 0 unspecified atom stereocenters. The summed E-state index contributed by atoms with van der Waals surface area (Å²) in [7, 11) is 3.62. The van der Waals surface area contributed by atoms with E-state index >= 15 is 0 Å². The van der Waals surface area contributed by atoms with Gasteiger partial charge in [0.15, 0.2) is 5.65 Å². The van der Waals surface area contributed by atoms with E-state index in [-0.39, 0.29) is 24.0 Å². The lowest BCUT2D eigenvalue weighted by molar-refractivity contribution is -0.116. The van der Waals surface area contributed by atoms with E-state index in [9.17, 15) is 14.4 Å². The lowest BCUT2D eigenvalue weighted by Gasteiger charge is -2.14. The van der Waals surface area contributed by atoms with Gasteiger partial charge in [0.2, 0.25) is 5.91 Å². The van der Waals surface area contributed by atoms with E-state index in [1.807, 2.05) is 14.1 Å². The predicted molar refractivity (Wildman–Crippen MR) is 127 cm³/mol. The van der Waals surface area contributed by atoms with Crippen molar-refractivity contribution in [3.63, 3.8) is 0 Å². The molecule has 0 atom stereocenters. The molecule has 9 heteroatoms. The molecule has 4 rings (SSSR count). The molecule has 2 amide bonds. The first-order valence-corrected chi connectivity index (χ1v) is 10.4. The highest BCUT2D eigenvalue weighted by molar-refractivity contribution is 6.07. The molecule has 168 valence electrons. The SMILES string of the molecule is CN(C)CC(=O)Nc1ccccc1NC(=O)c1ccc(Cn2c(=O)[nH]c3cccnc32)cc1. The largest absolute Gasteiger partial charge is 0.327 e. The van der Waals surface area contributed by atoms with Crippen molar-refractivity contribution in [2.75, 3.05) is 31.3 Å². The summed E-state index contributed by atoms with van der Waals surface area (Å²) in [6.45, 7) is 0.567. The van der Waals surface area contributed by atoms with E-state index in [1.54, 1.807) is 76.3 Å². The summed E-state index contributed by atoms with van der Waals surface area (Å²) in [4.78, 5) is 46.0. The van der Waals surface area contributed by atoms with Gasteiger partial charge in [0.1, 0.15) is 0 Å². The monoisotopic (exact) mass is 444 g/mol. The number of rotatable bonds is 7. The molecule has 3 N–H and O–H groups in total. The summed E-state index contributed by atoms with van der Waals surface area (Å²) < 4.78 is 1.55. The van der Waals surface area contributed by atoms with Crippen LogP contribution in [0.25, 0.3) is 11.2 Å². The van der Waals surface area contributed by atoms with E-state index < -0.39 is 0 Å². The molecule has 2 heterocycles. The maximum absolute atomic E-state index is 12.8. The Morgan fingerprint density at radius 1 is 0.970 bits per heavy atom. The van der Waals surface area contributed by atoms with Gasteiger partial charge in [-0.1, -0.05) is 24.3 Å². The maximum Gasteiger partial charge on any atom is 0.327 e. The van der Waals surface area contributed by atoms with Gasteiger partial charge in [0, 0.05) is 11.8 Å². The highest BCUT2D eigenvalue weighted by Gasteiger charge is 2.12. The Labute approximate surface area is 190 Å². The number of fused-ring (bicyclic) bond motifs is 1. The Morgan fingerprint density at radius 3 is 2.36 bits per heavy atom. The van der Waals surface area contributed by atoms with Crippen molar-refractivity contribution in [1.29, 1.82) is 0 Å². The molecule has 2 aromatic heterocycles. The number of carbonyl (C=O) groups is 2. The minimum Gasteiger partial charge on any atom is -0.323 e. The van der Waals surface area contributed by atoms with E-state index in [4.69, 9.17) is 0 Å². The zero-order valence-corrected chi connectivity index (χ0v) is 18.3. The number of carbonyl (C=O) groups excluding carboxylic acids is 2. The molecule has 0 aliphatic rings. The number of imidazole rings is 1. The third-order valence-corrected chi connectivity index (χ3v) is 5.00. The molecule has 0 radical (unpaired) electrons. The second-order valence-corrected chi connectivity index (χ2v) is 7.87. The molecule has 0 saturated carbocycles. The number of aromatic amines is 1. The highest BCUT2D eigenvalue weighted by Crippen LogP contribution is 2.22. The molecular weight excluding hydrogens is 420 g/mol. The number of nitrogens with zero attached hydrogens (tertiary/aromatic N) is 3. The number of likely N-dealkylation sites (N-methyl/N-ethyl adjacent to an activating group) is 1. The number of aromatic nitrogens is 3. The van der Waals surface area contributed by atoms with Crippen LogP contribution in [0.2, 0.25) is 0 Å². The van der Waals surface area contributed by atoms with Crippen LogP contribution < -0.4 is 16.3 Å². The Balaban J connectivity index is 1.47. The predicted octanol–water partition coefficient (Wildman–Crippen LogP) is 2.53. The zero-order chi connectivity index (χ0) is 23.4. The summed E-state index contributed by atoms with van der Waals surface area (Å²) >= 11 is 0. The van der Waals surface area contributed by atoms with E-state index in [0.29, 0.717) is 34.6 Å². The number of para-hydroxylation sites is 2. The lowest BCUT2D eigenvalue weighted by Crippen LogP contribution is -2.27. The molecule has 9 nitrogen and oxygen atoms in total.